The summed E-state index contributed by atoms with van der Waals surface area (Å²) in [5, 5.41) is 19.5. The molecular weight excluding hydrogens is 467 g/mol. The Balaban J connectivity index is 1.30. The van der Waals surface area contributed by atoms with E-state index >= 15 is 0 Å². The molecule has 1 fully saturated rings. The molecule has 2 aromatic heterocycles. The zero-order valence-corrected chi connectivity index (χ0v) is 19.0. The highest BCUT2D eigenvalue weighted by Gasteiger charge is 2.38. The number of hydrogen-bond donors (Lipinski definition) is 2. The van der Waals surface area contributed by atoms with Crippen LogP contribution in [0.4, 0.5) is 10.1 Å². The van der Waals surface area contributed by atoms with E-state index in [2.05, 4.69) is 20.5 Å². The molecule has 0 atom stereocenters. The van der Waals surface area contributed by atoms with E-state index in [0.29, 0.717) is 42.8 Å². The van der Waals surface area contributed by atoms with E-state index < -0.39 is 23.1 Å². The molecule has 178 valence electrons. The maximum Gasteiger partial charge on any atom is 0.313 e. The summed E-state index contributed by atoms with van der Waals surface area (Å²) in [6.07, 6.45) is 3.88. The molecule has 1 saturated carbocycles. The third kappa shape index (κ3) is 5.51. The highest BCUT2D eigenvalue weighted by atomic mass is 35.5. The van der Waals surface area contributed by atoms with Crippen LogP contribution in [0.2, 0.25) is 5.02 Å². The van der Waals surface area contributed by atoms with Crippen molar-refractivity contribution in [2.75, 3.05) is 5.32 Å². The first-order valence-electron chi connectivity index (χ1n) is 10.7. The number of carboxylic acid groups (broad SMARTS) is 1. The maximum atomic E-state index is 13.3. The molecule has 1 aliphatic carbocycles. The van der Waals surface area contributed by atoms with Gasteiger partial charge in [0, 0.05) is 6.07 Å². The van der Waals surface area contributed by atoms with Crippen LogP contribution in [-0.2, 0) is 11.2 Å². The lowest BCUT2D eigenvalue weighted by Gasteiger charge is -2.33. The van der Waals surface area contributed by atoms with Crippen LogP contribution < -0.4 is 10.1 Å². The summed E-state index contributed by atoms with van der Waals surface area (Å²) < 4.78 is 24.5. The number of pyridine rings is 1. The molecule has 1 aliphatic rings. The van der Waals surface area contributed by atoms with Gasteiger partial charge in [-0.05, 0) is 56.4 Å². The number of carbonyl (C=O) groups is 2. The molecule has 0 radical (unpaired) electrons. The number of anilines is 1. The number of nitrogens with zero attached hydrogens (tertiary/aromatic N) is 3. The smallest absolute Gasteiger partial charge is 0.313 e. The fourth-order valence-corrected chi connectivity index (χ4v) is 3.88. The Bertz CT molecular complexity index is 1190. The molecule has 0 bridgehead atoms. The number of hydrogen-bond acceptors (Lipinski definition) is 7. The second-order valence-corrected chi connectivity index (χ2v) is 8.86. The summed E-state index contributed by atoms with van der Waals surface area (Å²) >= 11 is 5.77. The van der Waals surface area contributed by atoms with Crippen molar-refractivity contribution in [3.63, 3.8) is 0 Å². The van der Waals surface area contributed by atoms with Crippen molar-refractivity contribution in [2.45, 2.75) is 45.1 Å². The molecule has 0 saturated heterocycles. The highest BCUT2D eigenvalue weighted by Crippen LogP contribution is 2.37. The van der Waals surface area contributed by atoms with Gasteiger partial charge in [-0.2, -0.15) is 0 Å². The Hall–Kier alpha value is -3.53. The van der Waals surface area contributed by atoms with Gasteiger partial charge in [0.1, 0.15) is 11.9 Å². The first kappa shape index (κ1) is 23.6. The first-order chi connectivity index (χ1) is 16.2. The van der Waals surface area contributed by atoms with Crippen LogP contribution in [0.25, 0.3) is 0 Å². The first-order valence-corrected chi connectivity index (χ1v) is 11.0. The van der Waals surface area contributed by atoms with Crippen LogP contribution >= 0.6 is 11.6 Å². The molecule has 2 heterocycles. The molecular formula is C23H22ClFN4O5. The van der Waals surface area contributed by atoms with Gasteiger partial charge in [0.25, 0.3) is 0 Å². The van der Waals surface area contributed by atoms with Crippen molar-refractivity contribution in [2.24, 2.45) is 5.41 Å². The van der Waals surface area contributed by atoms with Crippen LogP contribution in [0.3, 0.4) is 0 Å². The number of amides is 1. The van der Waals surface area contributed by atoms with Crippen molar-refractivity contribution >= 4 is 29.2 Å². The molecule has 0 aliphatic heterocycles. The minimum atomic E-state index is -0.780. The lowest BCUT2D eigenvalue weighted by molar-refractivity contribution is -0.150. The largest absolute Gasteiger partial charge is 0.481 e. The number of halogens is 2. The Labute approximate surface area is 199 Å². The molecule has 0 unspecified atom stereocenters. The van der Waals surface area contributed by atoms with E-state index in [1.807, 2.05) is 0 Å². The average molecular weight is 489 g/mol. The van der Waals surface area contributed by atoms with Gasteiger partial charge < -0.3 is 19.6 Å². The standard InChI is InChI=1S/C23H22ClFN4O5/c1-23(22(31)32)8-6-15(7-9-23)33-18-5-3-14(12-26-18)27-20(30)21-29-28-19(34-21)11-13-2-4-17(25)16(24)10-13/h2-5,10,12,15H,6-9,11H2,1H3,(H,27,30)(H,31,32). The lowest BCUT2D eigenvalue weighted by atomic mass is 9.75. The fraction of sp³-hybridized carbons (Fsp3) is 0.348. The van der Waals surface area contributed by atoms with E-state index in [1.165, 1.54) is 18.3 Å². The maximum absolute atomic E-state index is 13.3. The summed E-state index contributed by atoms with van der Waals surface area (Å²) in [5.74, 6) is -1.57. The van der Waals surface area contributed by atoms with Crippen molar-refractivity contribution in [3.8, 4) is 5.88 Å². The van der Waals surface area contributed by atoms with Gasteiger partial charge in [0.2, 0.25) is 11.8 Å². The number of nitrogens with one attached hydrogen (secondary N) is 1. The third-order valence-electron chi connectivity index (χ3n) is 5.83. The molecule has 34 heavy (non-hydrogen) atoms. The molecule has 9 nitrogen and oxygen atoms in total. The monoisotopic (exact) mass is 488 g/mol. The minimum absolute atomic E-state index is 0.0165. The normalized spacial score (nSPS) is 20.0. The quantitative estimate of drug-likeness (QED) is 0.497. The van der Waals surface area contributed by atoms with Gasteiger partial charge in [0.05, 0.1) is 28.7 Å². The van der Waals surface area contributed by atoms with Gasteiger partial charge in [-0.1, -0.05) is 17.7 Å². The van der Waals surface area contributed by atoms with Gasteiger partial charge in [-0.3, -0.25) is 9.59 Å². The van der Waals surface area contributed by atoms with Crippen molar-refractivity contribution in [1.29, 1.82) is 0 Å². The Kier molecular flexibility index (Phi) is 6.78. The van der Waals surface area contributed by atoms with E-state index in [0.717, 1.165) is 0 Å². The fourth-order valence-electron chi connectivity index (χ4n) is 3.68. The average Bonchev–Trinajstić information content (AvgIpc) is 3.28. The number of carboxylic acids is 1. The SMILES string of the molecule is CC1(C(=O)O)CCC(Oc2ccc(NC(=O)c3nnc(Cc4ccc(F)c(Cl)c4)o3)cn2)CC1. The molecule has 3 aromatic rings. The van der Waals surface area contributed by atoms with Crippen molar-refractivity contribution in [1.82, 2.24) is 15.2 Å². The number of rotatable bonds is 7. The van der Waals surface area contributed by atoms with E-state index in [1.54, 1.807) is 25.1 Å². The number of ether oxygens (including phenoxy) is 1. The van der Waals surface area contributed by atoms with Crippen molar-refractivity contribution in [3.05, 3.63) is 64.7 Å². The van der Waals surface area contributed by atoms with Crippen LogP contribution in [0, 0.1) is 11.2 Å². The predicted octanol–water partition coefficient (Wildman–Crippen LogP) is 4.51. The highest BCUT2D eigenvalue weighted by molar-refractivity contribution is 6.30. The Morgan fingerprint density at radius 3 is 2.68 bits per heavy atom. The van der Waals surface area contributed by atoms with Gasteiger partial charge in [0.15, 0.2) is 0 Å². The molecule has 2 N–H and O–H groups in total. The van der Waals surface area contributed by atoms with Gasteiger partial charge >= 0.3 is 17.8 Å². The Morgan fingerprint density at radius 2 is 2.03 bits per heavy atom. The molecule has 1 aromatic carbocycles. The second kappa shape index (κ2) is 9.76. The predicted molar refractivity (Wildman–Crippen MR) is 119 cm³/mol. The summed E-state index contributed by atoms with van der Waals surface area (Å²) in [7, 11) is 0. The van der Waals surface area contributed by atoms with Crippen LogP contribution in [-0.4, -0.2) is 38.3 Å². The molecule has 11 heteroatoms. The summed E-state index contributed by atoms with van der Waals surface area (Å²) in [6.45, 7) is 1.76. The van der Waals surface area contributed by atoms with Crippen molar-refractivity contribution < 1.29 is 28.2 Å². The number of carbonyl (C=O) groups excluding carboxylic acids is 1. The number of aromatic nitrogens is 3. The topological polar surface area (TPSA) is 127 Å². The van der Waals surface area contributed by atoms with Crippen LogP contribution in [0.15, 0.2) is 40.9 Å². The van der Waals surface area contributed by atoms with Crippen LogP contribution in [0.1, 0.15) is 54.7 Å². The number of aliphatic carboxylic acids is 1. The van der Waals surface area contributed by atoms with Crippen LogP contribution in [0.5, 0.6) is 5.88 Å². The summed E-state index contributed by atoms with van der Waals surface area (Å²) in [5.41, 5.74) is 0.360. The van der Waals surface area contributed by atoms with E-state index in [-0.39, 0.29) is 29.3 Å². The summed E-state index contributed by atoms with van der Waals surface area (Å²) in [4.78, 5) is 28.0. The van der Waals surface area contributed by atoms with E-state index in [9.17, 15) is 19.1 Å². The number of benzene rings is 1. The third-order valence-corrected chi connectivity index (χ3v) is 6.12. The summed E-state index contributed by atoms with van der Waals surface area (Å²) in [6, 6.07) is 7.48. The minimum Gasteiger partial charge on any atom is -0.481 e. The zero-order chi connectivity index (χ0) is 24.3. The van der Waals surface area contributed by atoms with Gasteiger partial charge in [-0.25, -0.2) is 9.37 Å². The molecule has 1 amide bonds. The second-order valence-electron chi connectivity index (χ2n) is 8.45. The molecule has 0 spiro atoms. The zero-order valence-electron chi connectivity index (χ0n) is 18.3. The molecule has 4 rings (SSSR count). The van der Waals surface area contributed by atoms with E-state index in [4.69, 9.17) is 20.8 Å². The van der Waals surface area contributed by atoms with Gasteiger partial charge in [-0.15, -0.1) is 10.2 Å². The Morgan fingerprint density at radius 1 is 1.26 bits per heavy atom. The lowest BCUT2D eigenvalue weighted by Crippen LogP contribution is -2.36.